The number of hydrogen-bond acceptors (Lipinski definition) is 7. The van der Waals surface area contributed by atoms with Gasteiger partial charge in [0.2, 0.25) is 0 Å². The van der Waals surface area contributed by atoms with Gasteiger partial charge in [0, 0.05) is 12.1 Å². The summed E-state index contributed by atoms with van der Waals surface area (Å²) in [5.74, 6) is -1.97. The minimum Gasteiger partial charge on any atom is -0.480 e. The summed E-state index contributed by atoms with van der Waals surface area (Å²) in [6.07, 6.45) is 0.634. The van der Waals surface area contributed by atoms with E-state index in [2.05, 4.69) is 15.8 Å². The molecule has 1 atom stereocenters. The fraction of sp³-hybridized carbons (Fsp3) is 0.421. The zero-order chi connectivity index (χ0) is 22.5. The van der Waals surface area contributed by atoms with Gasteiger partial charge in [0.05, 0.1) is 12.3 Å². The molecule has 0 saturated carbocycles. The molecule has 0 bridgehead atoms. The van der Waals surface area contributed by atoms with Crippen molar-refractivity contribution in [2.24, 2.45) is 10.9 Å². The number of nitrogen functional groups attached to an aromatic ring is 1. The number of carbonyl (C=O) groups is 3. The molecule has 0 spiro atoms. The highest BCUT2D eigenvalue weighted by Crippen LogP contribution is 2.05. The summed E-state index contributed by atoms with van der Waals surface area (Å²) in [7, 11) is 0. The first-order chi connectivity index (χ1) is 14.2. The number of hydrogen-bond donors (Lipinski definition) is 5. The first kappa shape index (κ1) is 24.4. The Morgan fingerprint density at radius 1 is 1.23 bits per heavy atom. The molecule has 30 heavy (non-hydrogen) atoms. The van der Waals surface area contributed by atoms with Crippen LogP contribution in [0.25, 0.3) is 0 Å². The van der Waals surface area contributed by atoms with Crippen LogP contribution in [-0.2, 0) is 19.2 Å². The van der Waals surface area contributed by atoms with Gasteiger partial charge in [-0.1, -0.05) is 42.8 Å². The fourth-order valence-electron chi connectivity index (χ4n) is 2.09. The van der Waals surface area contributed by atoms with Crippen molar-refractivity contribution in [2.75, 3.05) is 19.8 Å². The number of aliphatic carboxylic acids is 1. The number of amidine groups is 1. The summed E-state index contributed by atoms with van der Waals surface area (Å²) in [5.41, 5.74) is 7.18. The Bertz CT molecular complexity index is 778. The van der Waals surface area contributed by atoms with Crippen LogP contribution in [0, 0.1) is 5.41 Å². The molecule has 0 radical (unpaired) electrons. The van der Waals surface area contributed by atoms with E-state index in [1.54, 1.807) is 31.2 Å². The molecule has 0 aliphatic heterocycles. The van der Waals surface area contributed by atoms with Crippen LogP contribution in [0.1, 0.15) is 37.8 Å². The standard InChI is InChI=1S/C19H27N5O6/c1-3-4-9-29-19(28)23-15(18(26)27)10-22-16(25)11-30-24-12(2)13-5-7-14(8-6-13)17(20)21/h5-8,15H,3-4,9-11H2,1-2H3,(H3,20,21)(H,22,25)(H,23,28)(H,26,27)/b24-12-. The quantitative estimate of drug-likeness (QED) is 0.143. The Balaban J connectivity index is 2.44. The van der Waals surface area contributed by atoms with Gasteiger partial charge in [0.1, 0.15) is 11.9 Å². The summed E-state index contributed by atoms with van der Waals surface area (Å²) < 4.78 is 4.84. The molecule has 164 valence electrons. The van der Waals surface area contributed by atoms with Crippen molar-refractivity contribution < 1.29 is 29.1 Å². The van der Waals surface area contributed by atoms with Crippen molar-refractivity contribution in [1.29, 1.82) is 5.41 Å². The Hall–Kier alpha value is -3.63. The summed E-state index contributed by atoms with van der Waals surface area (Å²) in [6.45, 7) is 3.01. The van der Waals surface area contributed by atoms with E-state index in [9.17, 15) is 14.4 Å². The van der Waals surface area contributed by atoms with E-state index in [0.717, 1.165) is 12.0 Å². The molecule has 0 aromatic heterocycles. The highest BCUT2D eigenvalue weighted by Gasteiger charge is 2.21. The van der Waals surface area contributed by atoms with Gasteiger partial charge in [-0.25, -0.2) is 9.59 Å². The lowest BCUT2D eigenvalue weighted by Gasteiger charge is -2.15. The summed E-state index contributed by atoms with van der Waals surface area (Å²) in [6, 6.07) is 5.41. The minimum atomic E-state index is -1.34. The van der Waals surface area contributed by atoms with Gasteiger partial charge in [-0.05, 0) is 18.9 Å². The molecule has 1 unspecified atom stereocenters. The molecule has 0 heterocycles. The molecule has 11 heteroatoms. The van der Waals surface area contributed by atoms with Crippen molar-refractivity contribution >= 4 is 29.5 Å². The van der Waals surface area contributed by atoms with E-state index in [-0.39, 0.29) is 19.0 Å². The lowest BCUT2D eigenvalue weighted by Crippen LogP contribution is -2.49. The van der Waals surface area contributed by atoms with Crippen LogP contribution in [0.3, 0.4) is 0 Å². The molecule has 1 aromatic rings. The average molecular weight is 421 g/mol. The first-order valence-corrected chi connectivity index (χ1v) is 9.28. The lowest BCUT2D eigenvalue weighted by atomic mass is 10.1. The molecule has 0 aliphatic rings. The van der Waals surface area contributed by atoms with Gasteiger partial charge in [-0.3, -0.25) is 10.2 Å². The highest BCUT2D eigenvalue weighted by atomic mass is 16.6. The number of carbonyl (C=O) groups excluding carboxylic acids is 2. The van der Waals surface area contributed by atoms with Crippen molar-refractivity contribution in [2.45, 2.75) is 32.7 Å². The Kier molecular flexibility index (Phi) is 10.4. The number of carboxylic acids is 1. The number of benzene rings is 1. The predicted octanol–water partition coefficient (Wildman–Crippen LogP) is 0.807. The Morgan fingerprint density at radius 3 is 2.43 bits per heavy atom. The zero-order valence-corrected chi connectivity index (χ0v) is 16.9. The monoisotopic (exact) mass is 421 g/mol. The zero-order valence-electron chi connectivity index (χ0n) is 16.9. The predicted molar refractivity (Wildman–Crippen MR) is 109 cm³/mol. The van der Waals surface area contributed by atoms with Crippen LogP contribution in [0.4, 0.5) is 4.79 Å². The van der Waals surface area contributed by atoms with Crippen LogP contribution in [0.5, 0.6) is 0 Å². The molecule has 0 saturated heterocycles. The molecule has 0 aliphatic carbocycles. The molecule has 1 rings (SSSR count). The van der Waals surface area contributed by atoms with E-state index >= 15 is 0 Å². The van der Waals surface area contributed by atoms with E-state index in [4.69, 9.17) is 25.8 Å². The molecular formula is C19H27N5O6. The summed E-state index contributed by atoms with van der Waals surface area (Å²) >= 11 is 0. The van der Waals surface area contributed by atoms with Crippen LogP contribution in [-0.4, -0.2) is 60.4 Å². The molecule has 2 amide bonds. The number of alkyl carbamates (subject to hydrolysis) is 1. The third-order valence-electron chi connectivity index (χ3n) is 3.84. The number of carboxylic acid groups (broad SMARTS) is 1. The van der Waals surface area contributed by atoms with E-state index in [1.165, 1.54) is 0 Å². The van der Waals surface area contributed by atoms with Crippen LogP contribution < -0.4 is 16.4 Å². The highest BCUT2D eigenvalue weighted by molar-refractivity contribution is 6.00. The maximum absolute atomic E-state index is 11.8. The van der Waals surface area contributed by atoms with Crippen LogP contribution >= 0.6 is 0 Å². The summed E-state index contributed by atoms with van der Waals surface area (Å²) in [4.78, 5) is 39.6. The molecule has 11 nitrogen and oxygen atoms in total. The molecule has 0 fully saturated rings. The number of unbranched alkanes of at least 4 members (excludes halogenated alkanes) is 1. The second kappa shape index (κ2) is 12.8. The minimum absolute atomic E-state index is 0.0487. The maximum atomic E-state index is 11.8. The van der Waals surface area contributed by atoms with Crippen molar-refractivity contribution in [3.05, 3.63) is 35.4 Å². The Morgan fingerprint density at radius 2 is 1.87 bits per heavy atom. The third-order valence-corrected chi connectivity index (χ3v) is 3.84. The average Bonchev–Trinajstić information content (AvgIpc) is 2.71. The van der Waals surface area contributed by atoms with E-state index in [1.807, 2.05) is 6.92 Å². The third kappa shape index (κ3) is 9.04. The number of ether oxygens (including phenoxy) is 1. The number of rotatable bonds is 12. The molecular weight excluding hydrogens is 394 g/mol. The first-order valence-electron chi connectivity index (χ1n) is 9.28. The number of nitrogens with two attached hydrogens (primary N) is 1. The van der Waals surface area contributed by atoms with Gasteiger partial charge in [-0.15, -0.1) is 0 Å². The number of amides is 2. The second-order valence-electron chi connectivity index (χ2n) is 6.27. The Labute approximate surface area is 174 Å². The topological polar surface area (TPSA) is 176 Å². The van der Waals surface area contributed by atoms with Gasteiger partial charge in [0.15, 0.2) is 6.61 Å². The van der Waals surface area contributed by atoms with E-state index < -0.39 is 30.6 Å². The normalized spacial score (nSPS) is 11.9. The van der Waals surface area contributed by atoms with Gasteiger partial charge in [0.25, 0.3) is 5.91 Å². The molecule has 1 aromatic carbocycles. The fourth-order valence-corrected chi connectivity index (χ4v) is 2.09. The van der Waals surface area contributed by atoms with E-state index in [0.29, 0.717) is 17.7 Å². The van der Waals surface area contributed by atoms with Crippen molar-refractivity contribution in [3.8, 4) is 0 Å². The second-order valence-corrected chi connectivity index (χ2v) is 6.27. The van der Waals surface area contributed by atoms with Crippen LogP contribution in [0.15, 0.2) is 29.4 Å². The number of oxime groups is 1. The SMILES string of the molecule is CCCCOC(=O)NC(CNC(=O)CO/N=C(/C)c1ccc(C(=N)N)cc1)C(=O)O. The lowest BCUT2D eigenvalue weighted by molar-refractivity contribution is -0.139. The van der Waals surface area contributed by atoms with Gasteiger partial charge >= 0.3 is 12.1 Å². The molecule has 6 N–H and O–H groups in total. The van der Waals surface area contributed by atoms with Crippen molar-refractivity contribution in [1.82, 2.24) is 10.6 Å². The van der Waals surface area contributed by atoms with Crippen molar-refractivity contribution in [3.63, 3.8) is 0 Å². The maximum Gasteiger partial charge on any atom is 0.407 e. The van der Waals surface area contributed by atoms with Gasteiger partial charge < -0.3 is 31.0 Å². The largest absolute Gasteiger partial charge is 0.480 e. The summed E-state index contributed by atoms with van der Waals surface area (Å²) in [5, 5.41) is 24.8. The number of nitrogens with zero attached hydrogens (tertiary/aromatic N) is 1. The van der Waals surface area contributed by atoms with Gasteiger partial charge in [-0.2, -0.15) is 0 Å². The number of nitrogens with one attached hydrogen (secondary N) is 3. The van der Waals surface area contributed by atoms with Crippen LogP contribution in [0.2, 0.25) is 0 Å². The smallest absolute Gasteiger partial charge is 0.407 e.